The third kappa shape index (κ3) is 4.87. The number of nitrogens with zero attached hydrogens (tertiary/aromatic N) is 1. The number of hydrogen-bond donors (Lipinski definition) is 2. The van der Waals surface area contributed by atoms with Crippen LogP contribution in [-0.2, 0) is 9.59 Å². The highest BCUT2D eigenvalue weighted by atomic mass is 35.5. The van der Waals surface area contributed by atoms with Crippen LogP contribution in [0.5, 0.6) is 0 Å². The molecular weight excluding hydrogens is 325 g/mol. The van der Waals surface area contributed by atoms with Crippen LogP contribution in [0.3, 0.4) is 0 Å². The molecule has 0 saturated carbocycles. The maximum atomic E-state index is 12.1. The number of anilines is 1. The van der Waals surface area contributed by atoms with Gasteiger partial charge in [0.2, 0.25) is 11.8 Å². The number of carbonyl (C=O) groups excluding carboxylic acids is 2. The summed E-state index contributed by atoms with van der Waals surface area (Å²) in [4.78, 5) is 25.3. The zero-order chi connectivity index (χ0) is 16.1. The van der Waals surface area contributed by atoms with Crippen LogP contribution in [-0.4, -0.2) is 42.4 Å². The first-order valence-corrected chi connectivity index (χ1v) is 7.94. The summed E-state index contributed by atoms with van der Waals surface area (Å²) in [5.74, 6) is -0.186. The molecule has 0 radical (unpaired) electrons. The molecule has 2 N–H and O–H groups in total. The first-order valence-electron chi connectivity index (χ1n) is 7.19. The summed E-state index contributed by atoms with van der Waals surface area (Å²) in [6.45, 7) is 3.29. The molecule has 0 aromatic heterocycles. The molecule has 1 saturated heterocycles. The highest BCUT2D eigenvalue weighted by molar-refractivity contribution is 6.43. The van der Waals surface area contributed by atoms with Gasteiger partial charge in [-0.3, -0.25) is 14.5 Å². The molecule has 1 aromatic carbocycles. The largest absolute Gasteiger partial charge is 0.352 e. The molecule has 1 fully saturated rings. The van der Waals surface area contributed by atoms with Crippen molar-refractivity contribution in [2.75, 3.05) is 25.0 Å². The van der Waals surface area contributed by atoms with E-state index >= 15 is 0 Å². The molecule has 1 atom stereocenters. The number of piperidine rings is 1. The molecule has 1 unspecified atom stereocenters. The van der Waals surface area contributed by atoms with Crippen LogP contribution in [0.25, 0.3) is 0 Å². The smallest absolute Gasteiger partial charge is 0.238 e. The van der Waals surface area contributed by atoms with E-state index in [0.717, 1.165) is 19.4 Å². The van der Waals surface area contributed by atoms with Crippen LogP contribution in [0.1, 0.15) is 19.8 Å². The average molecular weight is 344 g/mol. The van der Waals surface area contributed by atoms with E-state index in [2.05, 4.69) is 10.6 Å². The van der Waals surface area contributed by atoms with Crippen LogP contribution in [0.15, 0.2) is 18.2 Å². The van der Waals surface area contributed by atoms with Gasteiger partial charge in [-0.2, -0.15) is 0 Å². The van der Waals surface area contributed by atoms with Gasteiger partial charge in [0.05, 0.1) is 22.3 Å². The molecule has 22 heavy (non-hydrogen) atoms. The number of benzene rings is 1. The van der Waals surface area contributed by atoms with Crippen molar-refractivity contribution < 1.29 is 9.59 Å². The van der Waals surface area contributed by atoms with Crippen molar-refractivity contribution in [1.82, 2.24) is 10.2 Å². The van der Waals surface area contributed by atoms with Gasteiger partial charge in [-0.15, -0.1) is 0 Å². The van der Waals surface area contributed by atoms with Crippen LogP contribution in [0.4, 0.5) is 5.69 Å². The van der Waals surface area contributed by atoms with E-state index in [4.69, 9.17) is 23.2 Å². The predicted octanol–water partition coefficient (Wildman–Crippen LogP) is 2.53. The van der Waals surface area contributed by atoms with Crippen molar-refractivity contribution in [2.24, 2.45) is 0 Å². The molecule has 0 aliphatic carbocycles. The van der Waals surface area contributed by atoms with E-state index in [9.17, 15) is 9.59 Å². The second-order valence-corrected chi connectivity index (χ2v) is 6.21. The Balaban J connectivity index is 1.89. The summed E-state index contributed by atoms with van der Waals surface area (Å²) >= 11 is 12.0. The number of halogens is 2. The van der Waals surface area contributed by atoms with Crippen molar-refractivity contribution >= 4 is 40.7 Å². The molecule has 2 amide bonds. The third-order valence-corrected chi connectivity index (χ3v) is 4.32. The number of hydrogen-bond acceptors (Lipinski definition) is 3. The number of carbonyl (C=O) groups is 2. The SMILES string of the molecule is CC(=O)NC1CCCN(CC(=O)Nc2cccc(Cl)c2Cl)C1. The summed E-state index contributed by atoms with van der Waals surface area (Å²) in [6.07, 6.45) is 1.90. The van der Waals surface area contributed by atoms with Gasteiger partial charge in [0, 0.05) is 19.5 Å². The van der Waals surface area contributed by atoms with Gasteiger partial charge in [-0.25, -0.2) is 0 Å². The van der Waals surface area contributed by atoms with E-state index in [1.165, 1.54) is 6.92 Å². The molecule has 0 bridgehead atoms. The topological polar surface area (TPSA) is 61.4 Å². The minimum absolute atomic E-state index is 0.0398. The number of likely N-dealkylation sites (tertiary alicyclic amines) is 1. The molecule has 1 heterocycles. The fourth-order valence-electron chi connectivity index (χ4n) is 2.60. The zero-order valence-electron chi connectivity index (χ0n) is 12.4. The van der Waals surface area contributed by atoms with E-state index in [0.29, 0.717) is 22.3 Å². The summed E-state index contributed by atoms with van der Waals surface area (Å²) in [5, 5.41) is 6.42. The minimum Gasteiger partial charge on any atom is -0.352 e. The summed E-state index contributed by atoms with van der Waals surface area (Å²) in [5.41, 5.74) is 0.509. The first-order chi connectivity index (χ1) is 10.5. The number of nitrogens with one attached hydrogen (secondary N) is 2. The van der Waals surface area contributed by atoms with E-state index < -0.39 is 0 Å². The standard InChI is InChI=1S/C15H19Cl2N3O2/c1-10(21)18-11-4-3-7-20(8-11)9-14(22)19-13-6-2-5-12(16)15(13)17/h2,5-6,11H,3-4,7-9H2,1H3,(H,18,21)(H,19,22). The van der Waals surface area contributed by atoms with Crippen LogP contribution in [0.2, 0.25) is 10.0 Å². The minimum atomic E-state index is -0.146. The zero-order valence-corrected chi connectivity index (χ0v) is 13.9. The third-order valence-electron chi connectivity index (χ3n) is 3.51. The Kier molecular flexibility index (Phi) is 6.06. The molecule has 1 aliphatic heterocycles. The van der Waals surface area contributed by atoms with Crippen molar-refractivity contribution in [2.45, 2.75) is 25.8 Å². The second-order valence-electron chi connectivity index (χ2n) is 5.42. The van der Waals surface area contributed by atoms with E-state index in [-0.39, 0.29) is 24.4 Å². The number of amides is 2. The maximum Gasteiger partial charge on any atom is 0.238 e. The molecule has 120 valence electrons. The van der Waals surface area contributed by atoms with Gasteiger partial charge in [-0.05, 0) is 31.5 Å². The van der Waals surface area contributed by atoms with Gasteiger partial charge in [0.1, 0.15) is 0 Å². The van der Waals surface area contributed by atoms with Gasteiger partial charge >= 0.3 is 0 Å². The highest BCUT2D eigenvalue weighted by Gasteiger charge is 2.22. The van der Waals surface area contributed by atoms with Gasteiger partial charge in [-0.1, -0.05) is 29.3 Å². The van der Waals surface area contributed by atoms with E-state index in [1.807, 2.05) is 4.90 Å². The lowest BCUT2D eigenvalue weighted by Gasteiger charge is -2.32. The molecular formula is C15H19Cl2N3O2. The monoisotopic (exact) mass is 343 g/mol. The summed E-state index contributed by atoms with van der Waals surface area (Å²) < 4.78 is 0. The average Bonchev–Trinajstić information content (AvgIpc) is 2.43. The lowest BCUT2D eigenvalue weighted by Crippen LogP contribution is -2.49. The second kappa shape index (κ2) is 7.81. The Bertz CT molecular complexity index is 566. The van der Waals surface area contributed by atoms with E-state index in [1.54, 1.807) is 18.2 Å². The van der Waals surface area contributed by atoms with Gasteiger partial charge < -0.3 is 10.6 Å². The molecule has 1 aromatic rings. The number of rotatable bonds is 4. The van der Waals surface area contributed by atoms with Crippen LogP contribution in [0, 0.1) is 0 Å². The first kappa shape index (κ1) is 17.1. The van der Waals surface area contributed by atoms with Gasteiger partial charge in [0.15, 0.2) is 0 Å². The molecule has 5 nitrogen and oxygen atoms in total. The quantitative estimate of drug-likeness (QED) is 0.882. The lowest BCUT2D eigenvalue weighted by atomic mass is 10.1. The molecule has 2 rings (SSSR count). The fourth-order valence-corrected chi connectivity index (χ4v) is 2.95. The lowest BCUT2D eigenvalue weighted by molar-refractivity contribution is -0.120. The van der Waals surface area contributed by atoms with Gasteiger partial charge in [0.25, 0.3) is 0 Å². The Hall–Kier alpha value is -1.30. The Morgan fingerprint density at radius 3 is 2.86 bits per heavy atom. The van der Waals surface area contributed by atoms with Crippen molar-refractivity contribution in [3.05, 3.63) is 28.2 Å². The van der Waals surface area contributed by atoms with Crippen LogP contribution < -0.4 is 10.6 Å². The summed E-state index contributed by atoms with van der Waals surface area (Å²) in [6, 6.07) is 5.22. The molecule has 7 heteroatoms. The Morgan fingerprint density at radius 2 is 2.14 bits per heavy atom. The fraction of sp³-hybridized carbons (Fsp3) is 0.467. The van der Waals surface area contributed by atoms with Crippen LogP contribution >= 0.6 is 23.2 Å². The highest BCUT2D eigenvalue weighted by Crippen LogP contribution is 2.29. The molecule has 1 aliphatic rings. The van der Waals surface area contributed by atoms with Crippen molar-refractivity contribution in [1.29, 1.82) is 0 Å². The molecule has 0 spiro atoms. The van der Waals surface area contributed by atoms with Crippen molar-refractivity contribution in [3.8, 4) is 0 Å². The Morgan fingerprint density at radius 1 is 1.36 bits per heavy atom. The maximum absolute atomic E-state index is 12.1. The van der Waals surface area contributed by atoms with Crippen molar-refractivity contribution in [3.63, 3.8) is 0 Å². The summed E-state index contributed by atoms with van der Waals surface area (Å²) in [7, 11) is 0. The Labute approximate surface area is 139 Å². The normalized spacial score (nSPS) is 18.8. The predicted molar refractivity (Wildman–Crippen MR) is 88.4 cm³/mol.